The lowest BCUT2D eigenvalue weighted by atomic mass is 10.2. The Balaban J connectivity index is 2.67. The number of sulfonamides is 1. The molecule has 0 fully saturated rings. The number of halogens is 1. The fourth-order valence-corrected chi connectivity index (χ4v) is 5.22. The minimum absolute atomic E-state index is 0.0788. The van der Waals surface area contributed by atoms with Crippen LogP contribution in [-0.4, -0.2) is 30.9 Å². The van der Waals surface area contributed by atoms with E-state index in [1.165, 1.54) is 12.1 Å². The van der Waals surface area contributed by atoms with E-state index in [-0.39, 0.29) is 27.4 Å². The highest BCUT2D eigenvalue weighted by molar-refractivity contribution is 7.89. The van der Waals surface area contributed by atoms with Crippen LogP contribution in [0.5, 0.6) is 0 Å². The fraction of sp³-hybridized carbons (Fsp3) is 0.400. The van der Waals surface area contributed by atoms with Gasteiger partial charge in [0.15, 0.2) is 0 Å². The van der Waals surface area contributed by atoms with E-state index in [4.69, 9.17) is 16.1 Å². The second kappa shape index (κ2) is 7.80. The van der Waals surface area contributed by atoms with E-state index in [9.17, 15) is 22.7 Å². The van der Waals surface area contributed by atoms with Crippen molar-refractivity contribution < 1.29 is 22.4 Å². The number of rotatable bonds is 7. The molecule has 0 aliphatic heterocycles. The van der Waals surface area contributed by atoms with Gasteiger partial charge in [-0.3, -0.25) is 9.36 Å². The fourth-order valence-electron chi connectivity index (χ4n) is 2.25. The Bertz CT molecular complexity index is 1040. The quantitative estimate of drug-likeness (QED) is 0.587. The molecule has 0 radical (unpaired) electrons. The van der Waals surface area contributed by atoms with E-state index in [1.54, 1.807) is 20.8 Å². The smallest absolute Gasteiger partial charge is 0.321 e. The van der Waals surface area contributed by atoms with Crippen LogP contribution >= 0.6 is 19.2 Å². The largest absolute Gasteiger partial charge is 0.364 e. The zero-order valence-corrected chi connectivity index (χ0v) is 16.9. The summed E-state index contributed by atoms with van der Waals surface area (Å²) < 4.78 is 44.3. The van der Waals surface area contributed by atoms with Crippen molar-refractivity contribution in [2.75, 3.05) is 6.54 Å². The average molecular weight is 423 g/mol. The van der Waals surface area contributed by atoms with Crippen molar-refractivity contribution in [3.8, 4) is 0 Å². The van der Waals surface area contributed by atoms with Gasteiger partial charge in [0.2, 0.25) is 10.0 Å². The molecule has 0 amide bonds. The van der Waals surface area contributed by atoms with E-state index >= 15 is 0 Å². The van der Waals surface area contributed by atoms with Crippen LogP contribution in [0, 0.1) is 0 Å². The molecule has 0 saturated carbocycles. The van der Waals surface area contributed by atoms with Crippen LogP contribution in [0.3, 0.4) is 0 Å². The molecule has 1 aromatic carbocycles. The first-order chi connectivity index (χ1) is 12.0. The molecule has 0 bridgehead atoms. The molecule has 0 aliphatic rings. The molecule has 2 rings (SSSR count). The molecule has 26 heavy (non-hydrogen) atoms. The van der Waals surface area contributed by atoms with Gasteiger partial charge >= 0.3 is 7.60 Å². The van der Waals surface area contributed by atoms with Gasteiger partial charge < -0.3 is 14.4 Å². The highest BCUT2D eigenvalue weighted by Gasteiger charge is 2.29. The summed E-state index contributed by atoms with van der Waals surface area (Å²) in [5.41, 5.74) is -0.562. The number of H-pyrrole nitrogens is 1. The summed E-state index contributed by atoms with van der Waals surface area (Å²) in [5.74, 6) is 0. The predicted octanol–water partition coefficient (Wildman–Crippen LogP) is 2.11. The lowest BCUT2D eigenvalue weighted by molar-refractivity contribution is 0.192. The molecule has 1 heterocycles. The number of hydrogen-bond donors (Lipinski definition) is 3. The molecule has 8 nitrogen and oxygen atoms in total. The molecule has 2 atom stereocenters. The lowest BCUT2D eigenvalue weighted by Crippen LogP contribution is -2.29. The molecule has 0 saturated heterocycles. The van der Waals surface area contributed by atoms with Crippen molar-refractivity contribution in [2.24, 2.45) is 0 Å². The van der Waals surface area contributed by atoms with Gasteiger partial charge in [0.05, 0.1) is 11.1 Å². The SMILES string of the molecule is CCNS(=O)(=O)c1cc2cc(P(=O)(O)OC(C)CC)c(=O)[nH]c2cc1Cl. The van der Waals surface area contributed by atoms with Crippen molar-refractivity contribution in [1.82, 2.24) is 9.71 Å². The van der Waals surface area contributed by atoms with Crippen molar-refractivity contribution >= 4 is 45.4 Å². The molecule has 0 aliphatic carbocycles. The number of aromatic nitrogens is 1. The number of pyridine rings is 1. The van der Waals surface area contributed by atoms with Gasteiger partial charge in [-0.05, 0) is 31.5 Å². The van der Waals surface area contributed by atoms with E-state index in [1.807, 2.05) is 0 Å². The van der Waals surface area contributed by atoms with Crippen LogP contribution in [0.2, 0.25) is 5.02 Å². The van der Waals surface area contributed by atoms with Gasteiger partial charge in [0.25, 0.3) is 5.56 Å². The highest BCUT2D eigenvalue weighted by atomic mass is 35.5. The summed E-state index contributed by atoms with van der Waals surface area (Å²) in [6.07, 6.45) is -0.0488. The van der Waals surface area contributed by atoms with E-state index in [0.29, 0.717) is 6.42 Å². The molecule has 0 spiro atoms. The zero-order chi connectivity index (χ0) is 19.7. The monoisotopic (exact) mass is 422 g/mol. The van der Waals surface area contributed by atoms with Crippen molar-refractivity contribution in [2.45, 2.75) is 38.2 Å². The molecular weight excluding hydrogens is 403 g/mol. The summed E-state index contributed by atoms with van der Waals surface area (Å²) in [6.45, 7) is 5.17. The summed E-state index contributed by atoms with van der Waals surface area (Å²) >= 11 is 6.02. The second-order valence-corrected chi connectivity index (χ2v) is 9.58. The molecule has 11 heteroatoms. The summed E-state index contributed by atoms with van der Waals surface area (Å²) in [7, 11) is -8.23. The topological polar surface area (TPSA) is 126 Å². The van der Waals surface area contributed by atoms with Crippen LogP contribution in [0.1, 0.15) is 27.2 Å². The Labute approximate surface area is 156 Å². The molecule has 2 unspecified atom stereocenters. The van der Waals surface area contributed by atoms with Gasteiger partial charge in [-0.15, -0.1) is 0 Å². The van der Waals surface area contributed by atoms with E-state index in [2.05, 4.69) is 9.71 Å². The minimum atomic E-state index is -4.38. The number of benzene rings is 1. The highest BCUT2D eigenvalue weighted by Crippen LogP contribution is 2.42. The first-order valence-corrected chi connectivity index (χ1v) is 11.3. The normalized spacial score (nSPS) is 15.7. The van der Waals surface area contributed by atoms with Crippen molar-refractivity contribution in [1.29, 1.82) is 0 Å². The Hall–Kier alpha value is -1.22. The van der Waals surface area contributed by atoms with E-state index < -0.39 is 34.6 Å². The predicted molar refractivity (Wildman–Crippen MR) is 101 cm³/mol. The zero-order valence-electron chi connectivity index (χ0n) is 14.4. The maximum atomic E-state index is 12.5. The Kier molecular flexibility index (Phi) is 6.32. The molecule has 144 valence electrons. The summed E-state index contributed by atoms with van der Waals surface area (Å²) in [5, 5.41) is -0.299. The number of hydrogen-bond acceptors (Lipinski definition) is 5. The lowest BCUT2D eigenvalue weighted by Gasteiger charge is -2.17. The number of aromatic amines is 1. The van der Waals surface area contributed by atoms with Gasteiger partial charge in [-0.25, -0.2) is 13.1 Å². The molecule has 1 aromatic heterocycles. The number of fused-ring (bicyclic) bond motifs is 1. The van der Waals surface area contributed by atoms with E-state index in [0.717, 1.165) is 6.07 Å². The number of nitrogens with one attached hydrogen (secondary N) is 2. The standard InChI is InChI=1S/C15H20ClN2O6PS/c1-4-9(3)24-25(20,21)13-6-10-7-14(26(22,23)17-5-2)11(16)8-12(10)18-15(13)19/h6-9,17H,4-5H2,1-3H3,(H,18,19)(H,20,21). The Morgan fingerprint density at radius 1 is 1.35 bits per heavy atom. The first kappa shape index (κ1) is 21.1. The molecule has 3 N–H and O–H groups in total. The van der Waals surface area contributed by atoms with Crippen molar-refractivity contribution in [3.05, 3.63) is 33.6 Å². The minimum Gasteiger partial charge on any atom is -0.321 e. The first-order valence-electron chi connectivity index (χ1n) is 7.89. The third-order valence-corrected chi connectivity index (χ3v) is 7.30. The average Bonchev–Trinajstić information content (AvgIpc) is 2.52. The maximum absolute atomic E-state index is 12.5. The third kappa shape index (κ3) is 4.36. The summed E-state index contributed by atoms with van der Waals surface area (Å²) in [6, 6.07) is 3.67. The molecule has 2 aromatic rings. The van der Waals surface area contributed by atoms with Gasteiger partial charge in [-0.1, -0.05) is 25.4 Å². The van der Waals surface area contributed by atoms with Crippen molar-refractivity contribution in [3.63, 3.8) is 0 Å². The third-order valence-electron chi connectivity index (χ3n) is 3.70. The van der Waals surface area contributed by atoms with Crippen LogP contribution in [0.4, 0.5) is 0 Å². The van der Waals surface area contributed by atoms with Crippen LogP contribution in [-0.2, 0) is 19.1 Å². The van der Waals surface area contributed by atoms with Crippen LogP contribution in [0.15, 0.2) is 27.9 Å². The molecular formula is C15H20ClN2O6PS. The summed E-state index contributed by atoms with van der Waals surface area (Å²) in [4.78, 5) is 24.6. The van der Waals surface area contributed by atoms with Gasteiger partial charge in [0, 0.05) is 17.4 Å². The Morgan fingerprint density at radius 3 is 2.58 bits per heavy atom. The second-order valence-electron chi connectivity index (χ2n) is 5.70. The van der Waals surface area contributed by atoms with Crippen LogP contribution in [0.25, 0.3) is 10.9 Å². The Morgan fingerprint density at radius 2 is 2.00 bits per heavy atom. The maximum Gasteiger partial charge on any atom is 0.364 e. The van der Waals surface area contributed by atoms with Gasteiger partial charge in [0.1, 0.15) is 10.2 Å². The van der Waals surface area contributed by atoms with Crippen LogP contribution < -0.4 is 15.6 Å². The van der Waals surface area contributed by atoms with Gasteiger partial charge in [-0.2, -0.15) is 0 Å².